The molecule has 3 fully saturated rings. The quantitative estimate of drug-likeness (QED) is 0.339. The molecule has 42 heavy (non-hydrogen) atoms. The number of hydrogen-bond donors (Lipinski definition) is 1. The number of carbonyl (C=O) groups is 3. The molecule has 0 saturated carbocycles. The van der Waals surface area contributed by atoms with Crippen LogP contribution in [0.1, 0.15) is 47.5 Å². The van der Waals surface area contributed by atoms with Crippen molar-refractivity contribution < 1.29 is 24.2 Å². The van der Waals surface area contributed by atoms with Crippen LogP contribution >= 0.6 is 0 Å². The average molecular weight is 581 g/mol. The number of carbonyl (C=O) groups excluding carboxylic acids is 3. The number of aliphatic hydroxyl groups excluding tert-OH is 1. The number of β-amino-alcohol motifs (C(OH)–C–C–N with tert-alkyl or cyclic N) is 1. The molecule has 3 aliphatic rings. The van der Waals surface area contributed by atoms with Crippen LogP contribution in [-0.4, -0.2) is 95.7 Å². The fourth-order valence-electron chi connectivity index (χ4n) is 7.69. The third-order valence-electron chi connectivity index (χ3n) is 9.68. The van der Waals surface area contributed by atoms with Gasteiger partial charge in [-0.1, -0.05) is 26.0 Å². The summed E-state index contributed by atoms with van der Waals surface area (Å²) >= 11 is 0. The molecule has 3 amide bonds. The fraction of sp³-hybridized carbons (Fsp3) is 0.606. The Bertz CT molecular complexity index is 1180. The number of ether oxygens (including phenoxy) is 1. The number of aliphatic hydroxyl groups is 1. The zero-order valence-corrected chi connectivity index (χ0v) is 25.9. The second-order valence-electron chi connectivity index (χ2n) is 12.0. The maximum atomic E-state index is 14.7. The Balaban J connectivity index is 1.78. The molecule has 1 N–H and O–H groups in total. The summed E-state index contributed by atoms with van der Waals surface area (Å²) in [7, 11) is 0. The summed E-state index contributed by atoms with van der Waals surface area (Å²) in [5, 5.41) is 10.0. The van der Waals surface area contributed by atoms with Crippen molar-refractivity contribution in [2.24, 2.45) is 17.8 Å². The molecule has 3 unspecified atom stereocenters. The highest BCUT2D eigenvalue weighted by Crippen LogP contribution is 2.65. The lowest BCUT2D eigenvalue weighted by Gasteiger charge is -2.39. The molecule has 6 atom stereocenters. The molecule has 1 aromatic rings. The number of likely N-dealkylation sites (tertiary alicyclic amines) is 1. The monoisotopic (exact) mass is 580 g/mol. The predicted octanol–water partition coefficient (Wildman–Crippen LogP) is 3.48. The van der Waals surface area contributed by atoms with Gasteiger partial charge in [0.2, 0.25) is 11.8 Å². The minimum atomic E-state index is -1.18. The third-order valence-corrected chi connectivity index (χ3v) is 9.68. The maximum absolute atomic E-state index is 14.7. The van der Waals surface area contributed by atoms with E-state index in [0.29, 0.717) is 25.2 Å². The molecule has 3 heterocycles. The molecule has 0 aromatic heterocycles. The number of fused-ring (bicyclic) bond motifs is 1. The van der Waals surface area contributed by atoms with E-state index < -0.39 is 29.1 Å². The lowest BCUT2D eigenvalue weighted by atomic mass is 9.62. The second-order valence-corrected chi connectivity index (χ2v) is 12.0. The van der Waals surface area contributed by atoms with E-state index in [9.17, 15) is 19.5 Å². The third kappa shape index (κ3) is 4.94. The van der Waals surface area contributed by atoms with E-state index in [-0.39, 0.29) is 43.3 Å². The van der Waals surface area contributed by atoms with Gasteiger partial charge < -0.3 is 29.4 Å². The SMILES string of the molecule is C=CCN(CCC)C(=O)[C@H]1[C@H]2C(=O)N(CCO)C(C(=O)N(CC=C)c3ccc(N(CC)CC)cc3)C23CC(C)[C@]1(C)O3. The smallest absolute Gasteiger partial charge is 0.253 e. The average Bonchev–Trinajstić information content (AvgIpc) is 3.48. The van der Waals surface area contributed by atoms with Crippen molar-refractivity contribution in [2.75, 3.05) is 55.7 Å². The number of anilines is 2. The van der Waals surface area contributed by atoms with Gasteiger partial charge in [0.15, 0.2) is 0 Å². The van der Waals surface area contributed by atoms with Crippen molar-refractivity contribution in [3.63, 3.8) is 0 Å². The highest BCUT2D eigenvalue weighted by atomic mass is 16.5. The van der Waals surface area contributed by atoms with Crippen molar-refractivity contribution in [1.29, 1.82) is 0 Å². The highest BCUT2D eigenvalue weighted by molar-refractivity contribution is 6.05. The van der Waals surface area contributed by atoms with Crippen molar-refractivity contribution in [2.45, 2.75) is 64.7 Å². The van der Waals surface area contributed by atoms with Gasteiger partial charge >= 0.3 is 0 Å². The number of amides is 3. The molecule has 4 rings (SSSR count). The topological polar surface area (TPSA) is 93.6 Å². The molecule has 3 aliphatic heterocycles. The van der Waals surface area contributed by atoms with E-state index in [1.807, 2.05) is 45.0 Å². The summed E-state index contributed by atoms with van der Waals surface area (Å²) in [4.78, 5) is 50.1. The summed E-state index contributed by atoms with van der Waals surface area (Å²) in [5.41, 5.74) is -0.330. The lowest BCUT2D eigenvalue weighted by Crippen LogP contribution is -2.57. The summed E-state index contributed by atoms with van der Waals surface area (Å²) in [6.45, 7) is 20.4. The maximum Gasteiger partial charge on any atom is 0.253 e. The molecule has 1 aromatic carbocycles. The van der Waals surface area contributed by atoms with E-state index in [1.54, 1.807) is 22.0 Å². The molecule has 1 spiro atoms. The van der Waals surface area contributed by atoms with E-state index in [2.05, 4.69) is 31.9 Å². The van der Waals surface area contributed by atoms with E-state index in [0.717, 1.165) is 25.2 Å². The summed E-state index contributed by atoms with van der Waals surface area (Å²) < 4.78 is 6.85. The molecule has 2 bridgehead atoms. The molecule has 9 nitrogen and oxygen atoms in total. The van der Waals surface area contributed by atoms with Gasteiger partial charge in [-0.2, -0.15) is 0 Å². The molecular formula is C33H48N4O5. The molecular weight excluding hydrogens is 532 g/mol. The van der Waals surface area contributed by atoms with Crippen LogP contribution in [0.4, 0.5) is 11.4 Å². The minimum Gasteiger partial charge on any atom is -0.395 e. The van der Waals surface area contributed by atoms with Crippen molar-refractivity contribution >= 4 is 29.1 Å². The van der Waals surface area contributed by atoms with Crippen molar-refractivity contribution in [1.82, 2.24) is 9.80 Å². The Kier molecular flexibility index (Phi) is 9.52. The van der Waals surface area contributed by atoms with Crippen LogP contribution in [0.15, 0.2) is 49.6 Å². The van der Waals surface area contributed by atoms with Crippen molar-refractivity contribution in [3.8, 4) is 0 Å². The van der Waals surface area contributed by atoms with E-state index in [4.69, 9.17) is 4.74 Å². The van der Waals surface area contributed by atoms with Gasteiger partial charge in [-0.3, -0.25) is 14.4 Å². The van der Waals surface area contributed by atoms with E-state index in [1.165, 1.54) is 4.90 Å². The number of hydrogen-bond acceptors (Lipinski definition) is 6. The normalized spacial score (nSPS) is 29.4. The second kappa shape index (κ2) is 12.6. The summed E-state index contributed by atoms with van der Waals surface area (Å²) in [6, 6.07) is 6.84. The Morgan fingerprint density at radius 2 is 1.69 bits per heavy atom. The first-order chi connectivity index (χ1) is 20.1. The first-order valence-electron chi connectivity index (χ1n) is 15.4. The number of rotatable bonds is 14. The van der Waals surface area contributed by atoms with Crippen LogP contribution in [0.5, 0.6) is 0 Å². The van der Waals surface area contributed by atoms with Crippen molar-refractivity contribution in [3.05, 3.63) is 49.6 Å². The van der Waals surface area contributed by atoms with Crippen LogP contribution in [0.3, 0.4) is 0 Å². The zero-order valence-electron chi connectivity index (χ0n) is 25.9. The Morgan fingerprint density at radius 1 is 1.07 bits per heavy atom. The van der Waals surface area contributed by atoms with Gasteiger partial charge in [0.1, 0.15) is 11.6 Å². The van der Waals surface area contributed by atoms with Crippen LogP contribution in [0.25, 0.3) is 0 Å². The molecule has 230 valence electrons. The van der Waals surface area contributed by atoms with Crippen LogP contribution in [0.2, 0.25) is 0 Å². The van der Waals surface area contributed by atoms with Gasteiger partial charge in [0.25, 0.3) is 5.91 Å². The van der Waals surface area contributed by atoms with Crippen LogP contribution in [-0.2, 0) is 19.1 Å². The first-order valence-corrected chi connectivity index (χ1v) is 15.4. The Morgan fingerprint density at radius 3 is 2.24 bits per heavy atom. The van der Waals surface area contributed by atoms with Crippen LogP contribution < -0.4 is 9.80 Å². The zero-order chi connectivity index (χ0) is 30.8. The van der Waals surface area contributed by atoms with Crippen LogP contribution in [0, 0.1) is 17.8 Å². The summed E-state index contributed by atoms with van der Waals surface area (Å²) in [6.07, 6.45) is 4.60. The molecule has 3 saturated heterocycles. The summed E-state index contributed by atoms with van der Waals surface area (Å²) in [5.74, 6) is -2.35. The Hall–Kier alpha value is -3.17. The van der Waals surface area contributed by atoms with Gasteiger partial charge in [0, 0.05) is 50.6 Å². The fourth-order valence-corrected chi connectivity index (χ4v) is 7.69. The molecule has 9 heteroatoms. The highest BCUT2D eigenvalue weighted by Gasteiger charge is 2.80. The molecule has 0 aliphatic carbocycles. The molecule has 0 radical (unpaired) electrons. The minimum absolute atomic E-state index is 0.0169. The lowest BCUT2D eigenvalue weighted by molar-refractivity contribution is -0.151. The number of benzene rings is 1. The first kappa shape index (κ1) is 31.8. The predicted molar refractivity (Wildman–Crippen MR) is 165 cm³/mol. The van der Waals surface area contributed by atoms with Gasteiger partial charge in [-0.05, 0) is 63.8 Å². The standard InChI is InChI=1S/C33H48N4O5/c1-8-17-35(18-9-2)29(39)26-27-30(40)37(20-21-38)28(33(27)22-23(6)32(26,7)42-33)31(41)36(19-10-3)25-15-13-24(14-16-25)34(11-4)12-5/h8,10,13-16,23,26-28,38H,1,3,9,11-12,17-22H2,2,4-7H3/t23?,26-,27+,28?,32+,33?/m1/s1. The van der Waals surface area contributed by atoms with Gasteiger partial charge in [-0.25, -0.2) is 0 Å². The van der Waals surface area contributed by atoms with Gasteiger partial charge in [-0.15, -0.1) is 13.2 Å². The number of nitrogens with zero attached hydrogens (tertiary/aromatic N) is 4. The largest absolute Gasteiger partial charge is 0.395 e. The Labute approximate surface area is 250 Å². The van der Waals surface area contributed by atoms with Gasteiger partial charge in [0.05, 0.1) is 24.0 Å². The van der Waals surface area contributed by atoms with E-state index >= 15 is 0 Å².